The van der Waals surface area contributed by atoms with Crippen molar-refractivity contribution in [2.45, 2.75) is 25.7 Å². The van der Waals surface area contributed by atoms with Crippen LogP contribution >= 0.6 is 0 Å². The lowest BCUT2D eigenvalue weighted by molar-refractivity contribution is -0.384. The predicted molar refractivity (Wildman–Crippen MR) is 150 cm³/mol. The first-order valence-corrected chi connectivity index (χ1v) is 13.6. The number of nitro groups is 1. The van der Waals surface area contributed by atoms with Gasteiger partial charge < -0.3 is 9.47 Å². The van der Waals surface area contributed by atoms with Crippen LogP contribution in [0.2, 0.25) is 0 Å². The maximum atomic E-state index is 13.6. The van der Waals surface area contributed by atoms with Crippen LogP contribution in [0, 0.1) is 22.0 Å². The highest BCUT2D eigenvalue weighted by Crippen LogP contribution is 2.39. The molecule has 3 amide bonds. The summed E-state index contributed by atoms with van der Waals surface area (Å²) in [4.78, 5) is 76.7. The zero-order valence-corrected chi connectivity index (χ0v) is 23.1. The molecule has 1 aliphatic carbocycles. The smallest absolute Gasteiger partial charge is 0.343 e. The van der Waals surface area contributed by atoms with Crippen molar-refractivity contribution >= 4 is 35.2 Å². The molecule has 2 atom stereocenters. The zero-order chi connectivity index (χ0) is 30.7. The molecule has 12 heteroatoms. The van der Waals surface area contributed by atoms with E-state index in [2.05, 4.69) is 0 Å². The van der Waals surface area contributed by atoms with Crippen LogP contribution in [0.1, 0.15) is 56.8 Å². The third-order valence-electron chi connectivity index (χ3n) is 7.60. The number of imide groups is 1. The van der Waals surface area contributed by atoms with E-state index in [0.29, 0.717) is 18.6 Å². The number of methoxy groups -OCH3 is 1. The Morgan fingerprint density at radius 2 is 1.47 bits per heavy atom. The Morgan fingerprint density at radius 1 is 0.860 bits per heavy atom. The Labute approximate surface area is 245 Å². The summed E-state index contributed by atoms with van der Waals surface area (Å²) >= 11 is 0. The minimum atomic E-state index is -0.826. The highest BCUT2D eigenvalue weighted by Gasteiger charge is 2.51. The fourth-order valence-electron chi connectivity index (χ4n) is 5.34. The number of nitrogens with zero attached hydrogens (tertiary/aromatic N) is 3. The predicted octanol–water partition coefficient (Wildman–Crippen LogP) is 4.24. The molecule has 12 nitrogen and oxygen atoms in total. The van der Waals surface area contributed by atoms with Crippen molar-refractivity contribution in [2.24, 2.45) is 11.8 Å². The lowest BCUT2D eigenvalue weighted by Gasteiger charge is -2.30. The van der Waals surface area contributed by atoms with Gasteiger partial charge in [0.2, 0.25) is 0 Å². The van der Waals surface area contributed by atoms with E-state index < -0.39 is 52.8 Å². The molecule has 1 aliphatic heterocycles. The van der Waals surface area contributed by atoms with Gasteiger partial charge >= 0.3 is 5.97 Å². The van der Waals surface area contributed by atoms with Gasteiger partial charge in [0.15, 0.2) is 5.78 Å². The number of nitro benzene ring substituents is 1. The van der Waals surface area contributed by atoms with Crippen molar-refractivity contribution in [1.82, 2.24) is 10.0 Å². The first-order valence-electron chi connectivity index (χ1n) is 13.6. The van der Waals surface area contributed by atoms with E-state index in [0.717, 1.165) is 35.0 Å². The second-order valence-corrected chi connectivity index (χ2v) is 10.2. The molecular formula is C31H27N3O9. The number of esters is 1. The summed E-state index contributed by atoms with van der Waals surface area (Å²) < 4.78 is 10.5. The molecule has 1 saturated carbocycles. The number of amides is 3. The van der Waals surface area contributed by atoms with E-state index >= 15 is 0 Å². The molecule has 5 rings (SSSR count). The van der Waals surface area contributed by atoms with Crippen LogP contribution in [-0.2, 0) is 9.59 Å². The van der Waals surface area contributed by atoms with Gasteiger partial charge in [0, 0.05) is 23.3 Å². The van der Waals surface area contributed by atoms with Crippen LogP contribution < -0.4 is 9.47 Å². The van der Waals surface area contributed by atoms with E-state index in [1.807, 2.05) is 0 Å². The number of non-ortho nitro benzene ring substituents is 1. The number of benzene rings is 3. The second-order valence-electron chi connectivity index (χ2n) is 10.2. The van der Waals surface area contributed by atoms with E-state index in [9.17, 15) is 34.1 Å². The largest absolute Gasteiger partial charge is 0.497 e. The van der Waals surface area contributed by atoms with Crippen molar-refractivity contribution in [3.63, 3.8) is 0 Å². The Hall–Kier alpha value is -5.39. The molecule has 0 radical (unpaired) electrons. The lowest BCUT2D eigenvalue weighted by Crippen LogP contribution is -2.52. The molecule has 3 aromatic carbocycles. The van der Waals surface area contributed by atoms with Crippen molar-refractivity contribution in [3.8, 4) is 11.5 Å². The Kier molecular flexibility index (Phi) is 8.28. The molecule has 0 spiro atoms. The van der Waals surface area contributed by atoms with Gasteiger partial charge in [-0.15, -0.1) is 0 Å². The SMILES string of the molecule is COc1cccc(C(=O)Oc2ccc(C(=O)CN(C(=O)c3ccc([N+](=O)[O-])cc3)N3C(=O)[C@H]4CCCC[C@H]4C3=O)cc2)c1. The van der Waals surface area contributed by atoms with Crippen molar-refractivity contribution in [2.75, 3.05) is 13.7 Å². The summed E-state index contributed by atoms with van der Waals surface area (Å²) in [5, 5.41) is 12.7. The highest BCUT2D eigenvalue weighted by atomic mass is 16.6. The minimum Gasteiger partial charge on any atom is -0.497 e. The standard InChI is InChI=1S/C31H27N3O9/c1-42-24-6-4-5-21(17-24)31(39)43-23-15-11-19(12-16-23)27(35)18-32(28(36)20-9-13-22(14-10-20)34(40)41)33-29(37)25-7-2-3-8-26(25)30(33)38/h4-6,9-17,25-26H,2-3,7-8,18H2,1H3/t25-,26+. The lowest BCUT2D eigenvalue weighted by atomic mass is 9.81. The molecule has 220 valence electrons. The van der Waals surface area contributed by atoms with Gasteiger partial charge in [-0.2, -0.15) is 5.01 Å². The Bertz CT molecular complexity index is 1580. The summed E-state index contributed by atoms with van der Waals surface area (Å²) in [5.74, 6) is -3.62. The Balaban J connectivity index is 1.37. The van der Waals surface area contributed by atoms with Crippen molar-refractivity contribution < 1.29 is 38.4 Å². The van der Waals surface area contributed by atoms with Gasteiger partial charge in [-0.05, 0) is 67.4 Å². The number of rotatable bonds is 9. The highest BCUT2D eigenvalue weighted by molar-refractivity contribution is 6.09. The first-order chi connectivity index (χ1) is 20.7. The zero-order valence-electron chi connectivity index (χ0n) is 23.1. The topological polar surface area (TPSA) is 153 Å². The van der Waals surface area contributed by atoms with Gasteiger partial charge in [-0.25, -0.2) is 9.80 Å². The van der Waals surface area contributed by atoms with Crippen LogP contribution in [0.3, 0.4) is 0 Å². The molecule has 1 heterocycles. The monoisotopic (exact) mass is 585 g/mol. The molecule has 2 fully saturated rings. The van der Waals surface area contributed by atoms with Crippen LogP contribution in [0.25, 0.3) is 0 Å². The van der Waals surface area contributed by atoms with Crippen LogP contribution in [0.15, 0.2) is 72.8 Å². The van der Waals surface area contributed by atoms with Gasteiger partial charge in [-0.1, -0.05) is 18.9 Å². The summed E-state index contributed by atoms with van der Waals surface area (Å²) in [6, 6.07) is 16.7. The molecule has 0 unspecified atom stereocenters. The average Bonchev–Trinajstić information content (AvgIpc) is 3.28. The average molecular weight is 586 g/mol. The van der Waals surface area contributed by atoms with E-state index in [-0.39, 0.29) is 28.1 Å². The normalized spacial score (nSPS) is 17.7. The number of ketones is 1. The minimum absolute atomic E-state index is 0.0336. The third kappa shape index (κ3) is 5.98. The fourth-order valence-corrected chi connectivity index (χ4v) is 5.34. The quantitative estimate of drug-likeness (QED) is 0.0896. The number of carbonyl (C=O) groups is 5. The number of hydrogen-bond donors (Lipinski definition) is 0. The van der Waals surface area contributed by atoms with E-state index in [4.69, 9.17) is 9.47 Å². The van der Waals surface area contributed by atoms with Crippen molar-refractivity contribution in [1.29, 1.82) is 0 Å². The molecule has 1 saturated heterocycles. The summed E-state index contributed by atoms with van der Waals surface area (Å²) in [6.45, 7) is -0.643. The van der Waals surface area contributed by atoms with Gasteiger partial charge in [0.1, 0.15) is 18.0 Å². The summed E-state index contributed by atoms with van der Waals surface area (Å²) in [5.41, 5.74) is 0.124. The summed E-state index contributed by atoms with van der Waals surface area (Å²) in [6.07, 6.45) is 2.57. The first kappa shape index (κ1) is 29.1. The molecule has 3 aromatic rings. The van der Waals surface area contributed by atoms with Gasteiger partial charge in [-0.3, -0.25) is 29.3 Å². The van der Waals surface area contributed by atoms with Gasteiger partial charge in [0.25, 0.3) is 23.4 Å². The molecule has 43 heavy (non-hydrogen) atoms. The number of hydrogen-bond acceptors (Lipinski definition) is 9. The number of Topliss-reactive ketones (excluding diaryl/α,β-unsaturated/α-hetero) is 1. The molecule has 0 N–H and O–H groups in total. The van der Waals surface area contributed by atoms with Crippen LogP contribution in [0.4, 0.5) is 5.69 Å². The van der Waals surface area contributed by atoms with E-state index in [1.54, 1.807) is 18.2 Å². The van der Waals surface area contributed by atoms with Crippen LogP contribution in [0.5, 0.6) is 11.5 Å². The number of fused-ring (bicyclic) bond motifs is 1. The van der Waals surface area contributed by atoms with E-state index in [1.165, 1.54) is 49.6 Å². The van der Waals surface area contributed by atoms with Gasteiger partial charge in [0.05, 0.1) is 29.4 Å². The third-order valence-corrected chi connectivity index (χ3v) is 7.60. The second kappa shape index (κ2) is 12.2. The fraction of sp³-hybridized carbons (Fsp3) is 0.258. The summed E-state index contributed by atoms with van der Waals surface area (Å²) in [7, 11) is 1.48. The number of carbonyl (C=O) groups excluding carboxylic acids is 5. The molecule has 2 aliphatic rings. The Morgan fingerprint density at radius 3 is 2.05 bits per heavy atom. The molecule has 0 bridgehead atoms. The number of ether oxygens (including phenoxy) is 2. The molecular weight excluding hydrogens is 558 g/mol. The van der Waals surface area contributed by atoms with Crippen molar-refractivity contribution in [3.05, 3.63) is 99.6 Å². The molecule has 0 aromatic heterocycles. The maximum Gasteiger partial charge on any atom is 0.343 e. The maximum absolute atomic E-state index is 13.6. The number of hydrazine groups is 1. The van der Waals surface area contributed by atoms with Crippen LogP contribution in [-0.4, -0.2) is 58.1 Å².